The molecule has 0 fully saturated rings. The predicted octanol–water partition coefficient (Wildman–Crippen LogP) is 3.51. The molecular formula is C14H16BrNO2S2. The van der Waals surface area contributed by atoms with Gasteiger partial charge in [0.1, 0.15) is 0 Å². The molecular weight excluding hydrogens is 358 g/mol. The second-order valence-corrected chi connectivity index (χ2v) is 8.07. The van der Waals surface area contributed by atoms with Gasteiger partial charge in [-0.05, 0) is 35.6 Å². The second-order valence-electron chi connectivity index (χ2n) is 4.43. The van der Waals surface area contributed by atoms with Crippen LogP contribution in [0.2, 0.25) is 0 Å². The average molecular weight is 374 g/mol. The fourth-order valence-electron chi connectivity index (χ4n) is 1.77. The molecule has 0 saturated heterocycles. The quantitative estimate of drug-likeness (QED) is 0.726. The minimum atomic E-state index is -3.39. The summed E-state index contributed by atoms with van der Waals surface area (Å²) >= 11 is 5.00. The van der Waals surface area contributed by atoms with Gasteiger partial charge in [-0.25, -0.2) is 12.7 Å². The van der Waals surface area contributed by atoms with Gasteiger partial charge in [-0.3, -0.25) is 0 Å². The van der Waals surface area contributed by atoms with E-state index in [-0.39, 0.29) is 0 Å². The third-order valence-corrected chi connectivity index (χ3v) is 6.49. The van der Waals surface area contributed by atoms with Crippen molar-refractivity contribution >= 4 is 37.3 Å². The molecule has 0 atom stereocenters. The number of thiophene rings is 1. The van der Waals surface area contributed by atoms with Crippen LogP contribution in [0.4, 0.5) is 0 Å². The molecule has 0 unspecified atom stereocenters. The summed E-state index contributed by atoms with van der Waals surface area (Å²) in [6, 6.07) is 11.0. The lowest BCUT2D eigenvalue weighted by molar-refractivity contribution is 0.473. The van der Waals surface area contributed by atoms with Gasteiger partial charge in [0.2, 0.25) is 10.0 Å². The molecule has 2 aromatic rings. The third-order valence-electron chi connectivity index (χ3n) is 3.04. The second kappa shape index (κ2) is 6.85. The first-order chi connectivity index (χ1) is 9.54. The summed E-state index contributed by atoms with van der Waals surface area (Å²) in [6.45, 7) is 0.489. The number of hydrogen-bond acceptors (Lipinski definition) is 3. The molecule has 1 aromatic carbocycles. The van der Waals surface area contributed by atoms with Gasteiger partial charge in [0.05, 0.1) is 4.90 Å². The largest absolute Gasteiger partial charge is 0.242 e. The van der Waals surface area contributed by atoms with Crippen molar-refractivity contribution in [2.24, 2.45) is 0 Å². The summed E-state index contributed by atoms with van der Waals surface area (Å²) in [4.78, 5) is 1.54. The van der Waals surface area contributed by atoms with Gasteiger partial charge in [0.25, 0.3) is 0 Å². The number of nitrogens with zero attached hydrogens (tertiary/aromatic N) is 1. The molecule has 2 rings (SSSR count). The fourth-order valence-corrected chi connectivity index (χ4v) is 4.02. The maximum Gasteiger partial charge on any atom is 0.242 e. The van der Waals surface area contributed by atoms with Gasteiger partial charge in [0.15, 0.2) is 0 Å². The monoisotopic (exact) mass is 373 g/mol. The number of likely N-dealkylation sites (N-methyl/N-ethyl adjacent to an activating group) is 1. The van der Waals surface area contributed by atoms with Crippen molar-refractivity contribution in [3.63, 3.8) is 0 Å². The van der Waals surface area contributed by atoms with Crippen molar-refractivity contribution < 1.29 is 8.42 Å². The van der Waals surface area contributed by atoms with Gasteiger partial charge in [-0.15, -0.1) is 11.3 Å². The van der Waals surface area contributed by atoms with Crippen LogP contribution in [0.15, 0.2) is 46.7 Å². The first kappa shape index (κ1) is 15.7. The van der Waals surface area contributed by atoms with E-state index >= 15 is 0 Å². The van der Waals surface area contributed by atoms with E-state index < -0.39 is 10.0 Å². The molecule has 6 heteroatoms. The van der Waals surface area contributed by atoms with E-state index in [9.17, 15) is 8.42 Å². The number of benzene rings is 1. The van der Waals surface area contributed by atoms with Crippen LogP contribution in [0.5, 0.6) is 0 Å². The highest BCUT2D eigenvalue weighted by Gasteiger charge is 2.20. The van der Waals surface area contributed by atoms with Gasteiger partial charge < -0.3 is 0 Å². The molecule has 1 heterocycles. The topological polar surface area (TPSA) is 37.4 Å². The minimum Gasteiger partial charge on any atom is -0.207 e. The molecule has 0 radical (unpaired) electrons. The molecule has 0 aliphatic heterocycles. The zero-order chi connectivity index (χ0) is 14.6. The minimum absolute atomic E-state index is 0.343. The van der Waals surface area contributed by atoms with Crippen LogP contribution in [-0.2, 0) is 21.8 Å². The fraction of sp³-hybridized carbons (Fsp3) is 0.286. The number of rotatable bonds is 6. The lowest BCUT2D eigenvalue weighted by atomic mass is 10.2. The maximum atomic E-state index is 12.4. The lowest BCUT2D eigenvalue weighted by Gasteiger charge is -2.17. The SMILES string of the molecule is CN(CCc1cccs1)S(=O)(=O)c1ccc(CBr)cc1. The highest BCUT2D eigenvalue weighted by atomic mass is 79.9. The van der Waals surface area contributed by atoms with Gasteiger partial charge in [0, 0.05) is 23.8 Å². The summed E-state index contributed by atoms with van der Waals surface area (Å²) in [5.74, 6) is 0. The Hall–Kier alpha value is -0.690. The molecule has 0 saturated carbocycles. The molecule has 0 aliphatic carbocycles. The molecule has 20 heavy (non-hydrogen) atoms. The Bertz CT molecular complexity index is 636. The summed E-state index contributed by atoms with van der Waals surface area (Å²) in [5, 5.41) is 2.73. The smallest absolute Gasteiger partial charge is 0.207 e. The Morgan fingerprint density at radius 2 is 1.90 bits per heavy atom. The van der Waals surface area contributed by atoms with Gasteiger partial charge in [-0.1, -0.05) is 34.1 Å². The first-order valence-electron chi connectivity index (χ1n) is 6.17. The highest BCUT2D eigenvalue weighted by molar-refractivity contribution is 9.08. The van der Waals surface area contributed by atoms with Gasteiger partial charge in [-0.2, -0.15) is 0 Å². The summed E-state index contributed by atoms with van der Waals surface area (Å²) in [5.41, 5.74) is 1.06. The maximum absolute atomic E-state index is 12.4. The molecule has 0 spiro atoms. The van der Waals surface area contributed by atoms with Crippen molar-refractivity contribution in [2.75, 3.05) is 13.6 Å². The molecule has 0 aliphatic rings. The van der Waals surface area contributed by atoms with Crippen molar-refractivity contribution in [3.8, 4) is 0 Å². The molecule has 3 nitrogen and oxygen atoms in total. The Kier molecular flexibility index (Phi) is 5.37. The standard InChI is InChI=1S/C14H16BrNO2S2/c1-16(9-8-13-3-2-10-19-13)20(17,18)14-6-4-12(11-15)5-7-14/h2-7,10H,8-9,11H2,1H3. The van der Waals surface area contributed by atoms with E-state index in [4.69, 9.17) is 0 Å². The number of hydrogen-bond donors (Lipinski definition) is 0. The highest BCUT2D eigenvalue weighted by Crippen LogP contribution is 2.17. The first-order valence-corrected chi connectivity index (χ1v) is 9.62. The molecule has 0 amide bonds. The zero-order valence-electron chi connectivity index (χ0n) is 11.1. The summed E-state index contributed by atoms with van der Waals surface area (Å²) < 4.78 is 26.2. The van der Waals surface area contributed by atoms with Crippen molar-refractivity contribution in [3.05, 3.63) is 52.2 Å². The van der Waals surface area contributed by atoms with E-state index in [1.165, 1.54) is 9.18 Å². The van der Waals surface area contributed by atoms with Gasteiger partial charge >= 0.3 is 0 Å². The Labute approximate surface area is 132 Å². The lowest BCUT2D eigenvalue weighted by Crippen LogP contribution is -2.28. The van der Waals surface area contributed by atoms with E-state index in [2.05, 4.69) is 15.9 Å². The van der Waals surface area contributed by atoms with Crippen LogP contribution in [0.1, 0.15) is 10.4 Å². The number of halogens is 1. The molecule has 108 valence electrons. The van der Waals surface area contributed by atoms with Crippen molar-refractivity contribution in [1.29, 1.82) is 0 Å². The Balaban J connectivity index is 2.07. The van der Waals surface area contributed by atoms with Crippen LogP contribution in [0, 0.1) is 0 Å². The summed E-state index contributed by atoms with van der Waals surface area (Å²) in [6.07, 6.45) is 0.743. The van der Waals surface area contributed by atoms with Crippen LogP contribution < -0.4 is 0 Å². The molecule has 1 aromatic heterocycles. The predicted molar refractivity (Wildman–Crippen MR) is 86.9 cm³/mol. The molecule has 0 N–H and O–H groups in total. The number of sulfonamides is 1. The van der Waals surface area contributed by atoms with Crippen molar-refractivity contribution in [2.45, 2.75) is 16.6 Å². The molecule has 0 bridgehead atoms. The van der Waals surface area contributed by atoms with Crippen molar-refractivity contribution in [1.82, 2.24) is 4.31 Å². The van der Waals surface area contributed by atoms with E-state index in [0.717, 1.165) is 17.3 Å². The summed E-state index contributed by atoms with van der Waals surface area (Å²) in [7, 11) is -1.77. The van der Waals surface area contributed by atoms with Crippen LogP contribution in [-0.4, -0.2) is 26.3 Å². The van der Waals surface area contributed by atoms with E-state index in [0.29, 0.717) is 11.4 Å². The van der Waals surface area contributed by atoms with Crippen LogP contribution in [0.25, 0.3) is 0 Å². The zero-order valence-corrected chi connectivity index (χ0v) is 14.3. The number of alkyl halides is 1. The van der Waals surface area contributed by atoms with E-state index in [1.54, 1.807) is 30.5 Å². The van der Waals surface area contributed by atoms with Crippen LogP contribution in [0.3, 0.4) is 0 Å². The van der Waals surface area contributed by atoms with E-state index in [1.807, 2.05) is 29.6 Å². The Morgan fingerprint density at radius 1 is 1.20 bits per heavy atom. The Morgan fingerprint density at radius 3 is 2.45 bits per heavy atom. The normalized spacial score (nSPS) is 11.9. The van der Waals surface area contributed by atoms with Crippen LogP contribution >= 0.6 is 27.3 Å². The third kappa shape index (κ3) is 3.69. The average Bonchev–Trinajstić information content (AvgIpc) is 2.98.